The molecular formula is C15H19NO. The van der Waals surface area contributed by atoms with Crippen molar-refractivity contribution < 1.29 is 4.79 Å². The van der Waals surface area contributed by atoms with Gasteiger partial charge in [-0.15, -0.1) is 0 Å². The van der Waals surface area contributed by atoms with Crippen molar-refractivity contribution in [3.05, 3.63) is 47.0 Å². The molecule has 0 bridgehead atoms. The molecule has 1 atom stereocenters. The number of amides is 1. The molecule has 1 amide bonds. The van der Waals surface area contributed by atoms with Crippen LogP contribution in [0.25, 0.3) is 0 Å². The van der Waals surface area contributed by atoms with Crippen LogP contribution < -0.4 is 0 Å². The zero-order valence-electron chi connectivity index (χ0n) is 10.7. The van der Waals surface area contributed by atoms with E-state index in [9.17, 15) is 4.79 Å². The van der Waals surface area contributed by atoms with Crippen LogP contribution in [0.2, 0.25) is 0 Å². The average molecular weight is 229 g/mol. The Bertz CT molecular complexity index is 443. The highest BCUT2D eigenvalue weighted by Gasteiger charge is 2.29. The molecule has 0 aliphatic carbocycles. The van der Waals surface area contributed by atoms with Crippen LogP contribution >= 0.6 is 0 Å². The van der Waals surface area contributed by atoms with Crippen molar-refractivity contribution >= 4 is 5.91 Å². The van der Waals surface area contributed by atoms with Crippen molar-refractivity contribution in [3.63, 3.8) is 0 Å². The van der Waals surface area contributed by atoms with Gasteiger partial charge in [-0.25, -0.2) is 0 Å². The van der Waals surface area contributed by atoms with Gasteiger partial charge in [-0.3, -0.25) is 4.79 Å². The second kappa shape index (κ2) is 4.74. The first-order chi connectivity index (χ1) is 8.09. The first kappa shape index (κ1) is 11.9. The van der Waals surface area contributed by atoms with E-state index >= 15 is 0 Å². The highest BCUT2D eigenvalue weighted by atomic mass is 16.2. The summed E-state index contributed by atoms with van der Waals surface area (Å²) in [6, 6.07) is 10.4. The lowest BCUT2D eigenvalue weighted by Crippen LogP contribution is -2.27. The second-order valence-corrected chi connectivity index (χ2v) is 4.89. The van der Waals surface area contributed by atoms with E-state index in [0.717, 1.165) is 6.54 Å². The van der Waals surface area contributed by atoms with Gasteiger partial charge in [-0.2, -0.15) is 0 Å². The van der Waals surface area contributed by atoms with Crippen LogP contribution in [0.3, 0.4) is 0 Å². The molecule has 90 valence electrons. The third kappa shape index (κ3) is 2.41. The summed E-state index contributed by atoms with van der Waals surface area (Å²) < 4.78 is 0. The van der Waals surface area contributed by atoms with Crippen LogP contribution in [0.15, 0.2) is 41.5 Å². The Hall–Kier alpha value is -1.57. The van der Waals surface area contributed by atoms with Gasteiger partial charge in [0.25, 0.3) is 0 Å². The molecule has 0 aromatic heterocycles. The fourth-order valence-corrected chi connectivity index (χ4v) is 2.23. The molecule has 0 radical (unpaired) electrons. The predicted molar refractivity (Wildman–Crippen MR) is 69.6 cm³/mol. The molecule has 0 unspecified atom stereocenters. The maximum Gasteiger partial charge on any atom is 0.227 e. The average Bonchev–Trinajstić information content (AvgIpc) is 2.72. The standard InChI is InChI=1S/C15H19NO/c1-11(2)14-9-15(17)16(10-14)12(3)13-7-5-4-6-8-13/h4-8,12H,9-10H2,1-3H3/t12-/m1/s1. The van der Waals surface area contributed by atoms with Crippen LogP contribution in [0.5, 0.6) is 0 Å². The molecule has 1 aliphatic heterocycles. The van der Waals surface area contributed by atoms with E-state index in [2.05, 4.69) is 32.9 Å². The number of rotatable bonds is 2. The van der Waals surface area contributed by atoms with Crippen molar-refractivity contribution in [2.75, 3.05) is 6.54 Å². The molecule has 1 saturated heterocycles. The van der Waals surface area contributed by atoms with Crippen LogP contribution in [0.1, 0.15) is 38.8 Å². The van der Waals surface area contributed by atoms with E-state index < -0.39 is 0 Å². The summed E-state index contributed by atoms with van der Waals surface area (Å²) in [6.07, 6.45) is 0.597. The fourth-order valence-electron chi connectivity index (χ4n) is 2.23. The van der Waals surface area contributed by atoms with Gasteiger partial charge in [0.05, 0.1) is 6.04 Å². The van der Waals surface area contributed by atoms with Gasteiger partial charge >= 0.3 is 0 Å². The monoisotopic (exact) mass is 229 g/mol. The Morgan fingerprint density at radius 1 is 1.24 bits per heavy atom. The van der Waals surface area contributed by atoms with E-state index in [4.69, 9.17) is 0 Å². The minimum absolute atomic E-state index is 0.167. The SMILES string of the molecule is CC(C)=C1CC(=O)N([C@H](C)c2ccccc2)C1. The number of carbonyl (C=O) groups excluding carboxylic acids is 1. The zero-order chi connectivity index (χ0) is 12.4. The molecule has 2 nitrogen and oxygen atoms in total. The Labute approximate surface area is 103 Å². The van der Waals surface area contributed by atoms with Crippen LogP contribution in [-0.2, 0) is 4.79 Å². The zero-order valence-corrected chi connectivity index (χ0v) is 10.7. The van der Waals surface area contributed by atoms with Crippen molar-refractivity contribution in [3.8, 4) is 0 Å². The number of carbonyl (C=O) groups is 1. The van der Waals surface area contributed by atoms with Gasteiger partial charge in [0.2, 0.25) is 5.91 Å². The molecule has 1 aromatic carbocycles. The van der Waals surface area contributed by atoms with Crippen molar-refractivity contribution in [2.45, 2.75) is 33.2 Å². The number of hydrogen-bond donors (Lipinski definition) is 0. The molecule has 17 heavy (non-hydrogen) atoms. The molecule has 1 heterocycles. The number of hydrogen-bond acceptors (Lipinski definition) is 1. The summed E-state index contributed by atoms with van der Waals surface area (Å²) in [5.41, 5.74) is 3.76. The molecule has 1 fully saturated rings. The van der Waals surface area contributed by atoms with Crippen LogP contribution in [0, 0.1) is 0 Å². The predicted octanol–water partition coefficient (Wildman–Crippen LogP) is 3.32. The molecule has 0 N–H and O–H groups in total. The van der Waals surface area contributed by atoms with E-state index in [1.807, 2.05) is 23.1 Å². The molecular weight excluding hydrogens is 210 g/mol. The minimum Gasteiger partial charge on any atom is -0.332 e. The van der Waals surface area contributed by atoms with Crippen molar-refractivity contribution in [1.29, 1.82) is 0 Å². The Kier molecular flexibility index (Phi) is 3.32. The molecule has 1 aromatic rings. The van der Waals surface area contributed by atoms with Crippen molar-refractivity contribution in [2.24, 2.45) is 0 Å². The lowest BCUT2D eigenvalue weighted by Gasteiger charge is -2.24. The van der Waals surface area contributed by atoms with Gasteiger partial charge in [-0.1, -0.05) is 35.9 Å². The van der Waals surface area contributed by atoms with Crippen LogP contribution in [0.4, 0.5) is 0 Å². The van der Waals surface area contributed by atoms with Crippen LogP contribution in [-0.4, -0.2) is 17.4 Å². The Balaban J connectivity index is 2.20. The quantitative estimate of drug-likeness (QED) is 0.712. The first-order valence-electron chi connectivity index (χ1n) is 6.09. The molecule has 2 heteroatoms. The number of allylic oxidation sites excluding steroid dienone is 1. The smallest absolute Gasteiger partial charge is 0.227 e. The maximum absolute atomic E-state index is 12.0. The molecule has 1 aliphatic rings. The normalized spacial score (nSPS) is 17.5. The highest BCUT2D eigenvalue weighted by molar-refractivity contribution is 5.83. The summed E-state index contributed by atoms with van der Waals surface area (Å²) in [5, 5.41) is 0. The van der Waals surface area contributed by atoms with E-state index in [1.165, 1.54) is 16.7 Å². The minimum atomic E-state index is 0.167. The summed E-state index contributed by atoms with van der Waals surface area (Å²) >= 11 is 0. The Morgan fingerprint density at radius 2 is 1.88 bits per heavy atom. The van der Waals surface area contributed by atoms with Gasteiger partial charge < -0.3 is 4.90 Å². The summed E-state index contributed by atoms with van der Waals surface area (Å²) in [4.78, 5) is 14.0. The third-order valence-electron chi connectivity index (χ3n) is 3.50. The lowest BCUT2D eigenvalue weighted by atomic mass is 10.1. The molecule has 2 rings (SSSR count). The second-order valence-electron chi connectivity index (χ2n) is 4.89. The van der Waals surface area contributed by atoms with E-state index in [1.54, 1.807) is 0 Å². The summed E-state index contributed by atoms with van der Waals surface area (Å²) in [5.74, 6) is 0.248. The number of benzene rings is 1. The third-order valence-corrected chi connectivity index (χ3v) is 3.50. The van der Waals surface area contributed by atoms with Gasteiger partial charge in [0.15, 0.2) is 0 Å². The lowest BCUT2D eigenvalue weighted by molar-refractivity contribution is -0.129. The van der Waals surface area contributed by atoms with Crippen molar-refractivity contribution in [1.82, 2.24) is 4.90 Å². The molecule has 0 spiro atoms. The topological polar surface area (TPSA) is 20.3 Å². The summed E-state index contributed by atoms with van der Waals surface area (Å²) in [7, 11) is 0. The van der Waals surface area contributed by atoms with Gasteiger partial charge in [-0.05, 0) is 31.9 Å². The largest absolute Gasteiger partial charge is 0.332 e. The van der Waals surface area contributed by atoms with Gasteiger partial charge in [0.1, 0.15) is 0 Å². The first-order valence-corrected chi connectivity index (χ1v) is 6.09. The fraction of sp³-hybridized carbons (Fsp3) is 0.400. The van der Waals surface area contributed by atoms with E-state index in [0.29, 0.717) is 6.42 Å². The van der Waals surface area contributed by atoms with Gasteiger partial charge in [0, 0.05) is 13.0 Å². The number of likely N-dealkylation sites (tertiary alicyclic amines) is 1. The molecule has 0 saturated carbocycles. The number of nitrogens with zero attached hydrogens (tertiary/aromatic N) is 1. The van der Waals surface area contributed by atoms with E-state index in [-0.39, 0.29) is 11.9 Å². The highest BCUT2D eigenvalue weighted by Crippen LogP contribution is 2.29. The maximum atomic E-state index is 12.0. The Morgan fingerprint density at radius 3 is 2.41 bits per heavy atom. The summed E-state index contributed by atoms with van der Waals surface area (Å²) in [6.45, 7) is 7.05.